The van der Waals surface area contributed by atoms with Crippen molar-refractivity contribution in [1.29, 1.82) is 0 Å². The standard InChI is InChI=1S/C21H27N3O4S/c1-13-15(19(26)24-20(23-13)29-4)8-9-17(25)22-10-11-27-16-7-5-6-14-12-21(2,3)28-18(14)16/h5-7H,8-12H2,1-4H3,(H,22,25)(H,23,24,26). The third-order valence-electron chi connectivity index (χ3n) is 4.73. The number of hydrogen-bond acceptors (Lipinski definition) is 6. The van der Waals surface area contributed by atoms with Crippen molar-refractivity contribution in [3.8, 4) is 11.5 Å². The van der Waals surface area contributed by atoms with Crippen LogP contribution in [0.2, 0.25) is 0 Å². The van der Waals surface area contributed by atoms with Gasteiger partial charge in [0.2, 0.25) is 5.91 Å². The first-order valence-electron chi connectivity index (χ1n) is 9.63. The predicted molar refractivity (Wildman–Crippen MR) is 113 cm³/mol. The maximum atomic E-state index is 12.1. The van der Waals surface area contributed by atoms with Crippen molar-refractivity contribution in [1.82, 2.24) is 15.3 Å². The van der Waals surface area contributed by atoms with Crippen molar-refractivity contribution >= 4 is 17.7 Å². The molecular formula is C21H27N3O4S. The Morgan fingerprint density at radius 1 is 1.41 bits per heavy atom. The molecule has 0 radical (unpaired) electrons. The quantitative estimate of drug-likeness (QED) is 0.390. The number of aromatic amines is 1. The molecule has 2 heterocycles. The lowest BCUT2D eigenvalue weighted by Crippen LogP contribution is -2.29. The molecule has 3 rings (SSSR count). The molecule has 0 unspecified atom stereocenters. The van der Waals surface area contributed by atoms with Crippen LogP contribution in [-0.4, -0.2) is 40.9 Å². The van der Waals surface area contributed by atoms with Gasteiger partial charge in [-0.1, -0.05) is 23.9 Å². The van der Waals surface area contributed by atoms with E-state index in [1.165, 1.54) is 11.8 Å². The van der Waals surface area contributed by atoms with Gasteiger partial charge in [0.25, 0.3) is 5.56 Å². The number of nitrogens with one attached hydrogen (secondary N) is 2. The molecule has 29 heavy (non-hydrogen) atoms. The molecule has 1 aromatic carbocycles. The average Bonchev–Trinajstić information content (AvgIpc) is 2.98. The highest BCUT2D eigenvalue weighted by Crippen LogP contribution is 2.41. The molecule has 0 saturated heterocycles. The summed E-state index contributed by atoms with van der Waals surface area (Å²) in [6, 6.07) is 5.87. The maximum absolute atomic E-state index is 12.1. The summed E-state index contributed by atoms with van der Waals surface area (Å²) >= 11 is 1.38. The van der Waals surface area contributed by atoms with E-state index < -0.39 is 0 Å². The smallest absolute Gasteiger partial charge is 0.254 e. The van der Waals surface area contributed by atoms with E-state index in [0.29, 0.717) is 41.7 Å². The van der Waals surface area contributed by atoms with Crippen molar-refractivity contribution < 1.29 is 14.3 Å². The van der Waals surface area contributed by atoms with Gasteiger partial charge in [0.15, 0.2) is 16.7 Å². The first-order chi connectivity index (χ1) is 13.8. The number of nitrogens with zero attached hydrogens (tertiary/aromatic N) is 1. The Labute approximate surface area is 174 Å². The Balaban J connectivity index is 1.45. The zero-order valence-corrected chi connectivity index (χ0v) is 18.1. The van der Waals surface area contributed by atoms with Crippen molar-refractivity contribution in [2.75, 3.05) is 19.4 Å². The summed E-state index contributed by atoms with van der Waals surface area (Å²) in [5, 5.41) is 3.41. The number of thioether (sulfide) groups is 1. The Morgan fingerprint density at radius 3 is 2.93 bits per heavy atom. The van der Waals surface area contributed by atoms with Crippen LogP contribution >= 0.6 is 11.8 Å². The van der Waals surface area contributed by atoms with Crippen molar-refractivity contribution in [3.63, 3.8) is 0 Å². The molecule has 0 saturated carbocycles. The Hall–Kier alpha value is -2.48. The van der Waals surface area contributed by atoms with Gasteiger partial charge in [0, 0.05) is 29.7 Å². The molecule has 1 aliphatic rings. The molecule has 1 aromatic heterocycles. The number of rotatable bonds is 8. The average molecular weight is 418 g/mol. The van der Waals surface area contributed by atoms with Gasteiger partial charge in [-0.05, 0) is 39.5 Å². The predicted octanol–water partition coefficient (Wildman–Crippen LogP) is 2.64. The second kappa shape index (κ2) is 8.90. The molecule has 2 aromatic rings. The number of fused-ring (bicyclic) bond motifs is 1. The van der Waals surface area contributed by atoms with Gasteiger partial charge in [-0.15, -0.1) is 0 Å². The number of H-pyrrole nitrogens is 1. The monoisotopic (exact) mass is 417 g/mol. The van der Waals surface area contributed by atoms with E-state index in [1.807, 2.05) is 38.3 Å². The summed E-state index contributed by atoms with van der Waals surface area (Å²) < 4.78 is 11.8. The number of benzene rings is 1. The number of ether oxygens (including phenoxy) is 2. The summed E-state index contributed by atoms with van der Waals surface area (Å²) in [5.41, 5.74) is 1.94. The number of aryl methyl sites for hydroxylation is 1. The fourth-order valence-electron chi connectivity index (χ4n) is 3.36. The number of carbonyl (C=O) groups excluding carboxylic acids is 1. The third kappa shape index (κ3) is 5.32. The second-order valence-electron chi connectivity index (χ2n) is 7.62. The van der Waals surface area contributed by atoms with Crippen LogP contribution in [0.5, 0.6) is 11.5 Å². The van der Waals surface area contributed by atoms with Crippen LogP contribution in [0, 0.1) is 6.92 Å². The topological polar surface area (TPSA) is 93.3 Å². The molecule has 0 fully saturated rings. The van der Waals surface area contributed by atoms with Gasteiger partial charge < -0.3 is 19.8 Å². The van der Waals surface area contributed by atoms with Crippen LogP contribution in [0.3, 0.4) is 0 Å². The number of carbonyl (C=O) groups is 1. The summed E-state index contributed by atoms with van der Waals surface area (Å²) in [6.45, 7) is 6.61. The van der Waals surface area contributed by atoms with Crippen LogP contribution in [0.15, 0.2) is 28.2 Å². The van der Waals surface area contributed by atoms with Crippen molar-refractivity contribution in [3.05, 3.63) is 45.4 Å². The SMILES string of the molecule is CSc1nc(C)c(CCC(=O)NCCOc2cccc3c2OC(C)(C)C3)c(=O)[nH]1. The normalized spacial score (nSPS) is 14.2. The minimum absolute atomic E-state index is 0.128. The van der Waals surface area contributed by atoms with E-state index in [1.54, 1.807) is 6.92 Å². The minimum atomic E-state index is -0.227. The molecule has 0 bridgehead atoms. The van der Waals surface area contributed by atoms with E-state index in [2.05, 4.69) is 15.3 Å². The Kier molecular flexibility index (Phi) is 6.52. The zero-order valence-electron chi connectivity index (χ0n) is 17.3. The lowest BCUT2D eigenvalue weighted by atomic mass is 10.0. The van der Waals surface area contributed by atoms with E-state index >= 15 is 0 Å². The van der Waals surface area contributed by atoms with Crippen molar-refractivity contribution in [2.24, 2.45) is 0 Å². The summed E-state index contributed by atoms with van der Waals surface area (Å²) in [5.74, 6) is 1.36. The lowest BCUT2D eigenvalue weighted by molar-refractivity contribution is -0.121. The van der Waals surface area contributed by atoms with Crippen LogP contribution in [-0.2, 0) is 17.6 Å². The molecule has 2 N–H and O–H groups in total. The second-order valence-corrected chi connectivity index (χ2v) is 8.42. The van der Waals surface area contributed by atoms with Gasteiger partial charge in [-0.3, -0.25) is 9.59 Å². The molecule has 0 atom stereocenters. The first-order valence-corrected chi connectivity index (χ1v) is 10.9. The molecule has 0 spiro atoms. The van der Waals surface area contributed by atoms with Gasteiger partial charge in [-0.25, -0.2) is 4.98 Å². The van der Waals surface area contributed by atoms with Crippen LogP contribution in [0.4, 0.5) is 0 Å². The number of amides is 1. The Morgan fingerprint density at radius 2 is 2.21 bits per heavy atom. The largest absolute Gasteiger partial charge is 0.488 e. The molecule has 8 heteroatoms. The van der Waals surface area contributed by atoms with E-state index in [4.69, 9.17) is 9.47 Å². The highest BCUT2D eigenvalue weighted by Gasteiger charge is 2.32. The first kappa shape index (κ1) is 21.2. The zero-order chi connectivity index (χ0) is 21.0. The number of para-hydroxylation sites is 1. The van der Waals surface area contributed by atoms with E-state index in [9.17, 15) is 9.59 Å². The van der Waals surface area contributed by atoms with E-state index in [-0.39, 0.29) is 23.5 Å². The highest BCUT2D eigenvalue weighted by atomic mass is 32.2. The Bertz CT molecular complexity index is 955. The molecular weight excluding hydrogens is 390 g/mol. The van der Waals surface area contributed by atoms with Gasteiger partial charge in [0.05, 0.1) is 6.54 Å². The highest BCUT2D eigenvalue weighted by molar-refractivity contribution is 7.98. The molecule has 7 nitrogen and oxygen atoms in total. The molecule has 1 aliphatic heterocycles. The third-order valence-corrected chi connectivity index (χ3v) is 5.31. The summed E-state index contributed by atoms with van der Waals surface area (Å²) in [7, 11) is 0. The minimum Gasteiger partial charge on any atom is -0.488 e. The van der Waals surface area contributed by atoms with Gasteiger partial charge in [-0.2, -0.15) is 0 Å². The number of aromatic nitrogens is 2. The summed E-state index contributed by atoms with van der Waals surface area (Å²) in [4.78, 5) is 31.3. The molecule has 1 amide bonds. The maximum Gasteiger partial charge on any atom is 0.254 e. The van der Waals surface area contributed by atoms with Gasteiger partial charge >= 0.3 is 0 Å². The van der Waals surface area contributed by atoms with Crippen LogP contribution in [0.1, 0.15) is 37.1 Å². The number of hydrogen-bond donors (Lipinski definition) is 2. The van der Waals surface area contributed by atoms with Gasteiger partial charge in [0.1, 0.15) is 12.2 Å². The lowest BCUT2D eigenvalue weighted by Gasteiger charge is -2.18. The van der Waals surface area contributed by atoms with Crippen LogP contribution < -0.4 is 20.3 Å². The molecule has 156 valence electrons. The fraction of sp³-hybridized carbons (Fsp3) is 0.476. The fourth-order valence-corrected chi connectivity index (χ4v) is 3.78. The molecule has 0 aliphatic carbocycles. The van der Waals surface area contributed by atoms with Crippen molar-refractivity contribution in [2.45, 2.75) is 50.8 Å². The summed E-state index contributed by atoms with van der Waals surface area (Å²) in [6.07, 6.45) is 3.28. The van der Waals surface area contributed by atoms with E-state index in [0.717, 1.165) is 17.7 Å². The van der Waals surface area contributed by atoms with Crippen LogP contribution in [0.25, 0.3) is 0 Å².